The van der Waals surface area contributed by atoms with Gasteiger partial charge in [-0.25, -0.2) is 4.79 Å². The van der Waals surface area contributed by atoms with E-state index in [0.717, 1.165) is 5.52 Å². The molecule has 2 aromatic heterocycles. The van der Waals surface area contributed by atoms with Crippen LogP contribution in [0.15, 0.2) is 18.5 Å². The smallest absolute Gasteiger partial charge is 0.342 e. The first-order valence-electron chi connectivity index (χ1n) is 4.43. The van der Waals surface area contributed by atoms with E-state index in [1.807, 2.05) is 0 Å². The van der Waals surface area contributed by atoms with Gasteiger partial charge in [0.1, 0.15) is 11.4 Å². The van der Waals surface area contributed by atoms with Crippen molar-refractivity contribution in [2.75, 3.05) is 12.8 Å². The number of hydrogen-bond donors (Lipinski definition) is 1. The number of ether oxygens (including phenoxy) is 1. The summed E-state index contributed by atoms with van der Waals surface area (Å²) in [6.07, 6.45) is 3.26. The largest absolute Gasteiger partial charge is 0.465 e. The van der Waals surface area contributed by atoms with Crippen molar-refractivity contribution in [3.8, 4) is 0 Å². The number of fused-ring (bicyclic) bond motifs is 1. The molecule has 0 atom stereocenters. The predicted octanol–water partition coefficient (Wildman–Crippen LogP) is 0.942. The molecule has 15 heavy (non-hydrogen) atoms. The molecule has 2 rings (SSSR count). The maximum atomic E-state index is 11.5. The summed E-state index contributed by atoms with van der Waals surface area (Å²) in [6.45, 7) is 0. The van der Waals surface area contributed by atoms with E-state index >= 15 is 0 Å². The number of aryl methyl sites for hydroxylation is 1. The predicted molar refractivity (Wildman–Crippen MR) is 56.5 cm³/mol. The normalized spacial score (nSPS) is 10.5. The minimum absolute atomic E-state index is 0.378. The first kappa shape index (κ1) is 9.51. The maximum Gasteiger partial charge on any atom is 0.342 e. The molecule has 2 aromatic rings. The summed E-state index contributed by atoms with van der Waals surface area (Å²) >= 11 is 0. The van der Waals surface area contributed by atoms with Gasteiger partial charge in [0.05, 0.1) is 12.6 Å². The van der Waals surface area contributed by atoms with Crippen molar-refractivity contribution in [1.82, 2.24) is 9.55 Å². The van der Waals surface area contributed by atoms with Gasteiger partial charge in [-0.2, -0.15) is 0 Å². The van der Waals surface area contributed by atoms with Gasteiger partial charge >= 0.3 is 5.97 Å². The molecule has 0 amide bonds. The minimum Gasteiger partial charge on any atom is -0.465 e. The molecule has 0 aliphatic rings. The molecule has 0 unspecified atom stereocenters. The number of anilines is 1. The Bertz CT molecular complexity index is 531. The van der Waals surface area contributed by atoms with E-state index in [0.29, 0.717) is 16.8 Å². The molecule has 0 saturated heterocycles. The number of pyridine rings is 1. The molecule has 0 aliphatic carbocycles. The van der Waals surface area contributed by atoms with Crippen molar-refractivity contribution in [1.29, 1.82) is 0 Å². The van der Waals surface area contributed by atoms with Crippen molar-refractivity contribution in [2.45, 2.75) is 0 Å². The van der Waals surface area contributed by atoms with Crippen molar-refractivity contribution < 1.29 is 9.53 Å². The van der Waals surface area contributed by atoms with Gasteiger partial charge in [-0.1, -0.05) is 0 Å². The SMILES string of the molecule is COC(=O)c1c(N)n(C)c2ccncc12. The number of esters is 1. The van der Waals surface area contributed by atoms with Crippen LogP contribution >= 0.6 is 0 Å². The highest BCUT2D eigenvalue weighted by molar-refractivity contribution is 6.08. The number of carbonyl (C=O) groups is 1. The van der Waals surface area contributed by atoms with Crippen LogP contribution in [0, 0.1) is 0 Å². The first-order chi connectivity index (χ1) is 7.16. The molecule has 0 radical (unpaired) electrons. The zero-order chi connectivity index (χ0) is 11.0. The van der Waals surface area contributed by atoms with Gasteiger partial charge in [0, 0.05) is 24.8 Å². The molecule has 2 heterocycles. The zero-order valence-electron chi connectivity index (χ0n) is 8.52. The van der Waals surface area contributed by atoms with Crippen LogP contribution in [0.4, 0.5) is 5.82 Å². The first-order valence-corrected chi connectivity index (χ1v) is 4.43. The Morgan fingerprint density at radius 1 is 1.60 bits per heavy atom. The van der Waals surface area contributed by atoms with Crippen LogP contribution in [-0.2, 0) is 11.8 Å². The number of nitrogen functional groups attached to an aromatic ring is 1. The molecule has 0 spiro atoms. The number of hydrogen-bond acceptors (Lipinski definition) is 4. The molecular formula is C10H11N3O2. The Hall–Kier alpha value is -2.04. The minimum atomic E-state index is -0.439. The Kier molecular flexibility index (Phi) is 2.07. The summed E-state index contributed by atoms with van der Waals surface area (Å²) in [6, 6.07) is 1.80. The van der Waals surface area contributed by atoms with Gasteiger partial charge in [-0.05, 0) is 6.07 Å². The van der Waals surface area contributed by atoms with Crippen LogP contribution in [0.25, 0.3) is 10.9 Å². The van der Waals surface area contributed by atoms with Crippen molar-refractivity contribution in [3.05, 3.63) is 24.0 Å². The fraction of sp³-hybridized carbons (Fsp3) is 0.200. The third-order valence-electron chi connectivity index (χ3n) is 2.44. The summed E-state index contributed by atoms with van der Waals surface area (Å²) < 4.78 is 6.42. The zero-order valence-corrected chi connectivity index (χ0v) is 8.52. The number of nitrogens with zero attached hydrogens (tertiary/aromatic N) is 2. The summed E-state index contributed by atoms with van der Waals surface area (Å²) in [5.41, 5.74) is 7.07. The van der Waals surface area contributed by atoms with Crippen molar-refractivity contribution in [2.24, 2.45) is 7.05 Å². The van der Waals surface area contributed by atoms with Crippen LogP contribution in [0.5, 0.6) is 0 Å². The average molecular weight is 205 g/mol. The molecule has 0 aliphatic heterocycles. The summed E-state index contributed by atoms with van der Waals surface area (Å²) in [4.78, 5) is 15.5. The van der Waals surface area contributed by atoms with Crippen molar-refractivity contribution >= 4 is 22.7 Å². The number of methoxy groups -OCH3 is 1. The number of nitrogens with two attached hydrogens (primary N) is 1. The quantitative estimate of drug-likeness (QED) is 0.703. The van der Waals surface area contributed by atoms with E-state index in [4.69, 9.17) is 5.73 Å². The van der Waals surface area contributed by atoms with Crippen LogP contribution in [0.1, 0.15) is 10.4 Å². The van der Waals surface area contributed by atoms with E-state index in [2.05, 4.69) is 9.72 Å². The van der Waals surface area contributed by atoms with E-state index in [1.165, 1.54) is 7.11 Å². The van der Waals surface area contributed by atoms with Crippen molar-refractivity contribution in [3.63, 3.8) is 0 Å². The lowest BCUT2D eigenvalue weighted by molar-refractivity contribution is 0.0604. The van der Waals surface area contributed by atoms with Gasteiger partial charge in [0.2, 0.25) is 0 Å². The molecule has 0 saturated carbocycles. The lowest BCUT2D eigenvalue weighted by Crippen LogP contribution is -2.05. The number of carbonyl (C=O) groups excluding carboxylic acids is 1. The third-order valence-corrected chi connectivity index (χ3v) is 2.44. The van der Waals surface area contributed by atoms with Gasteiger partial charge in [-0.3, -0.25) is 4.98 Å². The molecule has 78 valence electrons. The van der Waals surface area contributed by atoms with E-state index in [9.17, 15) is 4.79 Å². The highest BCUT2D eigenvalue weighted by atomic mass is 16.5. The highest BCUT2D eigenvalue weighted by Gasteiger charge is 2.19. The van der Waals surface area contributed by atoms with E-state index in [-0.39, 0.29) is 0 Å². The van der Waals surface area contributed by atoms with Gasteiger partial charge in [-0.15, -0.1) is 0 Å². The Morgan fingerprint density at radius 2 is 2.33 bits per heavy atom. The molecule has 5 nitrogen and oxygen atoms in total. The molecule has 2 N–H and O–H groups in total. The van der Waals surface area contributed by atoms with Gasteiger partial charge in [0.25, 0.3) is 0 Å². The van der Waals surface area contributed by atoms with Crippen LogP contribution in [0.3, 0.4) is 0 Å². The maximum absolute atomic E-state index is 11.5. The van der Waals surface area contributed by atoms with Gasteiger partial charge in [0.15, 0.2) is 0 Å². The van der Waals surface area contributed by atoms with E-state index in [1.54, 1.807) is 30.1 Å². The number of aromatic nitrogens is 2. The molecule has 5 heteroatoms. The Morgan fingerprint density at radius 3 is 3.00 bits per heavy atom. The second kappa shape index (κ2) is 3.27. The van der Waals surface area contributed by atoms with Crippen LogP contribution < -0.4 is 5.73 Å². The van der Waals surface area contributed by atoms with E-state index < -0.39 is 5.97 Å². The summed E-state index contributed by atoms with van der Waals surface area (Å²) in [7, 11) is 3.13. The molecule has 0 fully saturated rings. The number of rotatable bonds is 1. The monoisotopic (exact) mass is 205 g/mol. The summed E-state index contributed by atoms with van der Waals surface area (Å²) in [5.74, 6) is -0.0454. The second-order valence-corrected chi connectivity index (χ2v) is 3.20. The van der Waals surface area contributed by atoms with Gasteiger partial charge < -0.3 is 15.0 Å². The topological polar surface area (TPSA) is 70.1 Å². The fourth-order valence-corrected chi connectivity index (χ4v) is 1.62. The fourth-order valence-electron chi connectivity index (χ4n) is 1.62. The third kappa shape index (κ3) is 1.24. The Labute approximate surface area is 86.5 Å². The molecule has 0 aromatic carbocycles. The second-order valence-electron chi connectivity index (χ2n) is 3.20. The highest BCUT2D eigenvalue weighted by Crippen LogP contribution is 2.26. The molecule has 0 bridgehead atoms. The average Bonchev–Trinajstić information content (AvgIpc) is 2.52. The lowest BCUT2D eigenvalue weighted by atomic mass is 10.2. The summed E-state index contributed by atoms with van der Waals surface area (Å²) in [5, 5.41) is 0.712. The molecular weight excluding hydrogens is 194 g/mol. The standard InChI is InChI=1S/C10H11N3O2/c1-13-7-3-4-12-5-6(7)8(9(13)11)10(14)15-2/h3-5H,11H2,1-2H3. The Balaban J connectivity index is 2.83. The lowest BCUT2D eigenvalue weighted by Gasteiger charge is -1.99. The van der Waals surface area contributed by atoms with Crippen LogP contribution in [-0.4, -0.2) is 22.6 Å². The van der Waals surface area contributed by atoms with Crippen LogP contribution in [0.2, 0.25) is 0 Å².